The molecule has 0 saturated heterocycles. The number of halogens is 2. The molecule has 0 amide bonds. The predicted octanol–water partition coefficient (Wildman–Crippen LogP) is 4.62. The maximum absolute atomic E-state index is 6.27. The van der Waals surface area contributed by atoms with Crippen LogP contribution >= 0.6 is 23.2 Å². The smallest absolute Gasteiger partial charge is 0.244 e. The first kappa shape index (κ1) is 14.8. The van der Waals surface area contributed by atoms with E-state index >= 15 is 0 Å². The summed E-state index contributed by atoms with van der Waals surface area (Å²) in [4.78, 5) is 4.42. The van der Waals surface area contributed by atoms with E-state index in [4.69, 9.17) is 33.5 Å². The van der Waals surface area contributed by atoms with Crippen LogP contribution in [0.2, 0.25) is 10.0 Å². The summed E-state index contributed by atoms with van der Waals surface area (Å²) in [5, 5.41) is 5.09. The molecule has 1 atom stereocenters. The lowest BCUT2D eigenvalue weighted by atomic mass is 9.84. The lowest BCUT2D eigenvalue weighted by Gasteiger charge is -2.24. The van der Waals surface area contributed by atoms with E-state index in [1.165, 1.54) is 19.3 Å². The van der Waals surface area contributed by atoms with E-state index in [-0.39, 0.29) is 6.04 Å². The van der Waals surface area contributed by atoms with Crippen molar-refractivity contribution >= 4 is 23.2 Å². The van der Waals surface area contributed by atoms with Gasteiger partial charge in [0.05, 0.1) is 6.04 Å². The molecule has 1 fully saturated rings. The molecule has 2 N–H and O–H groups in total. The number of nitrogens with two attached hydrogens (primary N) is 1. The van der Waals surface area contributed by atoms with Gasteiger partial charge in [0.25, 0.3) is 0 Å². The van der Waals surface area contributed by atoms with Crippen molar-refractivity contribution in [3.05, 3.63) is 34.1 Å². The Morgan fingerprint density at radius 2 is 1.76 bits per heavy atom. The van der Waals surface area contributed by atoms with Gasteiger partial charge in [0.1, 0.15) is 0 Å². The van der Waals surface area contributed by atoms with Crippen LogP contribution in [0.25, 0.3) is 11.4 Å². The van der Waals surface area contributed by atoms with Crippen LogP contribution in [0.15, 0.2) is 22.7 Å². The van der Waals surface area contributed by atoms with Gasteiger partial charge in [-0.25, -0.2) is 0 Å². The van der Waals surface area contributed by atoms with Crippen LogP contribution < -0.4 is 5.73 Å². The molecular weight excluding hydrogens is 309 g/mol. The van der Waals surface area contributed by atoms with Crippen LogP contribution in [0.5, 0.6) is 0 Å². The predicted molar refractivity (Wildman–Crippen MR) is 83.3 cm³/mol. The van der Waals surface area contributed by atoms with Gasteiger partial charge in [0, 0.05) is 15.6 Å². The largest absolute Gasteiger partial charge is 0.337 e. The van der Waals surface area contributed by atoms with Gasteiger partial charge >= 0.3 is 0 Å². The Hall–Kier alpha value is -1.10. The molecule has 4 nitrogen and oxygen atoms in total. The highest BCUT2D eigenvalue weighted by atomic mass is 35.5. The minimum absolute atomic E-state index is 0.193. The maximum Gasteiger partial charge on any atom is 0.244 e. The molecule has 21 heavy (non-hydrogen) atoms. The van der Waals surface area contributed by atoms with Gasteiger partial charge in [0.2, 0.25) is 11.7 Å². The Morgan fingerprint density at radius 3 is 2.43 bits per heavy atom. The molecule has 1 aromatic heterocycles. The van der Waals surface area contributed by atoms with E-state index in [0.29, 0.717) is 27.7 Å². The fourth-order valence-corrected chi connectivity index (χ4v) is 3.39. The first-order valence-electron chi connectivity index (χ1n) is 7.19. The van der Waals surface area contributed by atoms with Gasteiger partial charge in [-0.2, -0.15) is 4.98 Å². The van der Waals surface area contributed by atoms with Crippen molar-refractivity contribution in [2.24, 2.45) is 11.7 Å². The molecule has 2 aromatic rings. The first-order chi connectivity index (χ1) is 10.1. The summed E-state index contributed by atoms with van der Waals surface area (Å²) >= 11 is 12.0. The van der Waals surface area contributed by atoms with Gasteiger partial charge < -0.3 is 10.3 Å². The summed E-state index contributed by atoms with van der Waals surface area (Å²) in [6.07, 6.45) is 6.00. The van der Waals surface area contributed by atoms with Gasteiger partial charge in [-0.05, 0) is 37.0 Å². The quantitative estimate of drug-likeness (QED) is 0.893. The fourth-order valence-electron chi connectivity index (χ4n) is 2.87. The van der Waals surface area contributed by atoms with Crippen molar-refractivity contribution < 1.29 is 4.52 Å². The zero-order valence-corrected chi connectivity index (χ0v) is 13.1. The molecule has 1 aliphatic carbocycles. The summed E-state index contributed by atoms with van der Waals surface area (Å²) < 4.78 is 5.34. The van der Waals surface area contributed by atoms with Gasteiger partial charge in [0.15, 0.2) is 0 Å². The number of hydrogen-bond acceptors (Lipinski definition) is 4. The van der Waals surface area contributed by atoms with E-state index < -0.39 is 0 Å². The van der Waals surface area contributed by atoms with Crippen LogP contribution in [-0.4, -0.2) is 10.1 Å². The monoisotopic (exact) mass is 325 g/mol. The number of hydrogen-bond donors (Lipinski definition) is 1. The third-order valence-corrected chi connectivity index (χ3v) is 4.44. The van der Waals surface area contributed by atoms with Crippen molar-refractivity contribution in [3.63, 3.8) is 0 Å². The Kier molecular flexibility index (Phi) is 4.48. The Morgan fingerprint density at radius 1 is 1.10 bits per heavy atom. The van der Waals surface area contributed by atoms with Crippen LogP contribution in [0.1, 0.15) is 44.0 Å². The van der Waals surface area contributed by atoms with E-state index in [1.54, 1.807) is 18.2 Å². The molecule has 0 aliphatic heterocycles. The van der Waals surface area contributed by atoms with E-state index in [0.717, 1.165) is 18.4 Å². The molecular formula is C15H17Cl2N3O. The van der Waals surface area contributed by atoms with Crippen molar-refractivity contribution in [2.45, 2.75) is 38.1 Å². The topological polar surface area (TPSA) is 64.9 Å². The normalized spacial score (nSPS) is 17.9. The third-order valence-electron chi connectivity index (χ3n) is 4.01. The SMILES string of the molecule is NC(c1nc(-c2cc(Cl)cc(Cl)c2)no1)C1CCCCC1. The Labute approximate surface area is 133 Å². The highest BCUT2D eigenvalue weighted by Crippen LogP contribution is 2.33. The molecule has 1 aromatic carbocycles. The average molecular weight is 326 g/mol. The summed E-state index contributed by atoms with van der Waals surface area (Å²) in [7, 11) is 0. The summed E-state index contributed by atoms with van der Waals surface area (Å²) in [6, 6.07) is 4.99. The van der Waals surface area contributed by atoms with Crippen molar-refractivity contribution in [1.82, 2.24) is 10.1 Å². The molecule has 1 aliphatic rings. The fraction of sp³-hybridized carbons (Fsp3) is 0.467. The van der Waals surface area contributed by atoms with Crippen LogP contribution in [0.3, 0.4) is 0 Å². The second-order valence-corrected chi connectivity index (χ2v) is 6.41. The lowest BCUT2D eigenvalue weighted by Crippen LogP contribution is -2.23. The zero-order chi connectivity index (χ0) is 14.8. The molecule has 1 heterocycles. The minimum Gasteiger partial charge on any atom is -0.337 e. The molecule has 3 rings (SSSR count). The van der Waals surface area contributed by atoms with Crippen LogP contribution in [0, 0.1) is 5.92 Å². The van der Waals surface area contributed by atoms with Gasteiger partial charge in [-0.3, -0.25) is 0 Å². The summed E-state index contributed by atoms with van der Waals surface area (Å²) in [5.74, 6) is 1.39. The van der Waals surface area contributed by atoms with Crippen molar-refractivity contribution in [3.8, 4) is 11.4 Å². The van der Waals surface area contributed by atoms with Gasteiger partial charge in [-0.15, -0.1) is 0 Å². The van der Waals surface area contributed by atoms with E-state index in [1.807, 2.05) is 0 Å². The second kappa shape index (κ2) is 6.34. The first-order valence-corrected chi connectivity index (χ1v) is 7.95. The Balaban J connectivity index is 1.82. The molecule has 1 unspecified atom stereocenters. The summed E-state index contributed by atoms with van der Waals surface area (Å²) in [5.41, 5.74) is 7.01. The molecule has 1 saturated carbocycles. The standard InChI is InChI=1S/C15H17Cl2N3O/c16-11-6-10(7-12(17)8-11)14-19-15(21-20-14)13(18)9-4-2-1-3-5-9/h6-9,13H,1-5,18H2. The maximum atomic E-state index is 6.27. The second-order valence-electron chi connectivity index (χ2n) is 5.54. The van der Waals surface area contributed by atoms with Crippen LogP contribution in [0.4, 0.5) is 0 Å². The van der Waals surface area contributed by atoms with E-state index in [2.05, 4.69) is 10.1 Å². The molecule has 0 radical (unpaired) electrons. The van der Waals surface area contributed by atoms with Gasteiger partial charge in [-0.1, -0.05) is 47.6 Å². The lowest BCUT2D eigenvalue weighted by molar-refractivity contribution is 0.255. The van der Waals surface area contributed by atoms with Crippen LogP contribution in [-0.2, 0) is 0 Å². The highest BCUT2D eigenvalue weighted by molar-refractivity contribution is 6.35. The molecule has 0 bridgehead atoms. The van der Waals surface area contributed by atoms with E-state index in [9.17, 15) is 0 Å². The zero-order valence-electron chi connectivity index (χ0n) is 11.6. The molecule has 112 valence electrons. The minimum atomic E-state index is -0.193. The Bertz CT molecular complexity index is 603. The number of rotatable bonds is 3. The third kappa shape index (κ3) is 3.39. The van der Waals surface area contributed by atoms with Crippen molar-refractivity contribution in [1.29, 1.82) is 0 Å². The number of benzene rings is 1. The summed E-state index contributed by atoms with van der Waals surface area (Å²) in [6.45, 7) is 0. The van der Waals surface area contributed by atoms with Crippen molar-refractivity contribution in [2.75, 3.05) is 0 Å². The number of nitrogens with zero attached hydrogens (tertiary/aromatic N) is 2. The molecule has 0 spiro atoms. The highest BCUT2D eigenvalue weighted by Gasteiger charge is 2.26. The molecule has 6 heteroatoms. The average Bonchev–Trinajstić information content (AvgIpc) is 2.96. The number of aromatic nitrogens is 2.